The van der Waals surface area contributed by atoms with Gasteiger partial charge in [-0.3, -0.25) is 0 Å². The molecule has 0 saturated heterocycles. The van der Waals surface area contributed by atoms with E-state index in [1.54, 1.807) is 19.1 Å². The lowest BCUT2D eigenvalue weighted by Gasteiger charge is -2.07. The maximum Gasteiger partial charge on any atom is 0.127 e. The highest BCUT2D eigenvalue weighted by atomic mass is 35.5. The van der Waals surface area contributed by atoms with Crippen molar-refractivity contribution in [1.29, 1.82) is 0 Å². The topological polar surface area (TPSA) is 9.23 Å². The zero-order chi connectivity index (χ0) is 12.3. The Labute approximate surface area is 105 Å². The molecule has 0 heterocycles. The molecule has 0 aliphatic carbocycles. The number of hydrogen-bond donors (Lipinski definition) is 0. The fraction of sp³-hybridized carbons (Fsp3) is 0.143. The van der Waals surface area contributed by atoms with Gasteiger partial charge in [-0.1, -0.05) is 12.1 Å². The molecule has 0 aliphatic heterocycles. The van der Waals surface area contributed by atoms with Crippen molar-refractivity contribution < 1.29 is 9.13 Å². The first-order valence-electron chi connectivity index (χ1n) is 5.28. The van der Waals surface area contributed by atoms with E-state index in [9.17, 15) is 4.39 Å². The van der Waals surface area contributed by atoms with E-state index >= 15 is 0 Å². The average molecular weight is 251 g/mol. The predicted molar refractivity (Wildman–Crippen MR) is 67.2 cm³/mol. The molecule has 17 heavy (non-hydrogen) atoms. The first kappa shape index (κ1) is 11.9. The number of rotatable bonds is 3. The number of ether oxygens (including phenoxy) is 1. The van der Waals surface area contributed by atoms with Gasteiger partial charge in [0.2, 0.25) is 0 Å². The van der Waals surface area contributed by atoms with Gasteiger partial charge in [0.15, 0.2) is 0 Å². The standard InChI is InChI=1S/C14H12ClFO/c1-10-7-13(5-6-14(10)16)17-12-4-2-3-11(8-12)9-15/h2-8H,9H2,1H3. The minimum Gasteiger partial charge on any atom is -0.457 e. The minimum atomic E-state index is -0.230. The molecule has 0 bridgehead atoms. The number of hydrogen-bond acceptors (Lipinski definition) is 1. The van der Waals surface area contributed by atoms with E-state index in [0.29, 0.717) is 22.9 Å². The Morgan fingerprint density at radius 3 is 2.59 bits per heavy atom. The maximum atomic E-state index is 13.1. The Hall–Kier alpha value is -1.54. The van der Waals surface area contributed by atoms with E-state index in [1.807, 2.05) is 24.3 Å². The van der Waals surface area contributed by atoms with Crippen molar-refractivity contribution in [1.82, 2.24) is 0 Å². The average Bonchev–Trinajstić information content (AvgIpc) is 2.34. The molecule has 0 saturated carbocycles. The zero-order valence-corrected chi connectivity index (χ0v) is 10.2. The summed E-state index contributed by atoms with van der Waals surface area (Å²) >= 11 is 5.74. The lowest BCUT2D eigenvalue weighted by molar-refractivity contribution is 0.479. The van der Waals surface area contributed by atoms with Crippen LogP contribution in [-0.2, 0) is 5.88 Å². The Morgan fingerprint density at radius 1 is 1.12 bits per heavy atom. The Balaban J connectivity index is 2.22. The van der Waals surface area contributed by atoms with Crippen molar-refractivity contribution in [2.75, 3.05) is 0 Å². The lowest BCUT2D eigenvalue weighted by Crippen LogP contribution is -1.88. The van der Waals surface area contributed by atoms with Crippen molar-refractivity contribution >= 4 is 11.6 Å². The van der Waals surface area contributed by atoms with Gasteiger partial charge in [0.1, 0.15) is 17.3 Å². The highest BCUT2D eigenvalue weighted by Crippen LogP contribution is 2.24. The van der Waals surface area contributed by atoms with E-state index in [1.165, 1.54) is 6.07 Å². The zero-order valence-electron chi connectivity index (χ0n) is 9.41. The first-order valence-corrected chi connectivity index (χ1v) is 5.81. The van der Waals surface area contributed by atoms with Crippen molar-refractivity contribution in [2.45, 2.75) is 12.8 Å². The smallest absolute Gasteiger partial charge is 0.127 e. The summed E-state index contributed by atoms with van der Waals surface area (Å²) in [5.41, 5.74) is 1.55. The SMILES string of the molecule is Cc1cc(Oc2cccc(CCl)c2)ccc1F. The number of aryl methyl sites for hydroxylation is 1. The van der Waals surface area contributed by atoms with Crippen LogP contribution in [0.1, 0.15) is 11.1 Å². The lowest BCUT2D eigenvalue weighted by atomic mass is 10.2. The second-order valence-corrected chi connectivity index (χ2v) is 4.06. The summed E-state index contributed by atoms with van der Waals surface area (Å²) in [5, 5.41) is 0. The van der Waals surface area contributed by atoms with Gasteiger partial charge < -0.3 is 4.74 Å². The highest BCUT2D eigenvalue weighted by Gasteiger charge is 2.02. The van der Waals surface area contributed by atoms with Gasteiger partial charge in [0.25, 0.3) is 0 Å². The second kappa shape index (κ2) is 5.19. The van der Waals surface area contributed by atoms with Crippen LogP contribution >= 0.6 is 11.6 Å². The fourth-order valence-electron chi connectivity index (χ4n) is 1.51. The van der Waals surface area contributed by atoms with Crippen LogP contribution in [0.25, 0.3) is 0 Å². The van der Waals surface area contributed by atoms with E-state index < -0.39 is 0 Å². The van der Waals surface area contributed by atoms with E-state index in [-0.39, 0.29) is 5.82 Å². The summed E-state index contributed by atoms with van der Waals surface area (Å²) < 4.78 is 18.7. The molecular weight excluding hydrogens is 239 g/mol. The summed E-state index contributed by atoms with van der Waals surface area (Å²) in [7, 11) is 0. The Bertz CT molecular complexity index is 525. The largest absolute Gasteiger partial charge is 0.457 e. The van der Waals surface area contributed by atoms with Gasteiger partial charge in [0.05, 0.1) is 0 Å². The van der Waals surface area contributed by atoms with Crippen molar-refractivity contribution in [3.8, 4) is 11.5 Å². The molecule has 0 aliphatic rings. The van der Waals surface area contributed by atoms with Gasteiger partial charge >= 0.3 is 0 Å². The molecule has 0 atom stereocenters. The third kappa shape index (κ3) is 2.98. The molecule has 2 rings (SSSR count). The quantitative estimate of drug-likeness (QED) is 0.720. The summed E-state index contributed by atoms with van der Waals surface area (Å²) in [5.74, 6) is 1.54. The molecule has 0 spiro atoms. The van der Waals surface area contributed by atoms with Crippen molar-refractivity contribution in [2.24, 2.45) is 0 Å². The normalized spacial score (nSPS) is 10.3. The van der Waals surface area contributed by atoms with Crippen molar-refractivity contribution in [3.05, 3.63) is 59.4 Å². The summed E-state index contributed by atoms with van der Waals surface area (Å²) in [6, 6.07) is 12.2. The van der Waals surface area contributed by atoms with Crippen LogP contribution in [0.2, 0.25) is 0 Å². The van der Waals surface area contributed by atoms with Crippen LogP contribution in [-0.4, -0.2) is 0 Å². The van der Waals surface area contributed by atoms with Crippen LogP contribution < -0.4 is 4.74 Å². The van der Waals surface area contributed by atoms with E-state index in [4.69, 9.17) is 16.3 Å². The molecule has 3 heteroatoms. The van der Waals surface area contributed by atoms with Gasteiger partial charge in [-0.25, -0.2) is 4.39 Å². The molecule has 88 valence electrons. The third-order valence-electron chi connectivity index (χ3n) is 2.42. The maximum absolute atomic E-state index is 13.1. The second-order valence-electron chi connectivity index (χ2n) is 3.79. The predicted octanol–water partition coefficient (Wildman–Crippen LogP) is 4.67. The highest BCUT2D eigenvalue weighted by molar-refractivity contribution is 6.17. The van der Waals surface area contributed by atoms with Gasteiger partial charge in [-0.05, 0) is 48.4 Å². The molecule has 2 aromatic rings. The summed E-state index contributed by atoms with van der Waals surface area (Å²) in [6.07, 6.45) is 0. The van der Waals surface area contributed by atoms with Gasteiger partial charge in [0, 0.05) is 5.88 Å². The summed E-state index contributed by atoms with van der Waals surface area (Å²) in [4.78, 5) is 0. The minimum absolute atomic E-state index is 0.230. The van der Waals surface area contributed by atoms with Crippen LogP contribution in [0, 0.1) is 12.7 Å². The third-order valence-corrected chi connectivity index (χ3v) is 2.73. The Morgan fingerprint density at radius 2 is 1.88 bits per heavy atom. The number of halogens is 2. The van der Waals surface area contributed by atoms with Gasteiger partial charge in [-0.2, -0.15) is 0 Å². The number of alkyl halides is 1. The molecule has 0 unspecified atom stereocenters. The Kier molecular flexibility index (Phi) is 3.64. The van der Waals surface area contributed by atoms with Crippen LogP contribution in [0.15, 0.2) is 42.5 Å². The molecule has 2 aromatic carbocycles. The first-order chi connectivity index (χ1) is 8.19. The monoisotopic (exact) mass is 250 g/mol. The van der Waals surface area contributed by atoms with Crippen LogP contribution in [0.3, 0.4) is 0 Å². The molecular formula is C14H12ClFO. The van der Waals surface area contributed by atoms with E-state index in [2.05, 4.69) is 0 Å². The molecule has 0 aromatic heterocycles. The van der Waals surface area contributed by atoms with Crippen LogP contribution in [0.5, 0.6) is 11.5 Å². The number of benzene rings is 2. The molecule has 0 N–H and O–H groups in total. The molecule has 0 fully saturated rings. The fourth-order valence-corrected chi connectivity index (χ4v) is 1.68. The molecule has 0 amide bonds. The van der Waals surface area contributed by atoms with E-state index in [0.717, 1.165) is 5.56 Å². The molecule has 0 radical (unpaired) electrons. The van der Waals surface area contributed by atoms with Crippen LogP contribution in [0.4, 0.5) is 4.39 Å². The molecule has 1 nitrogen and oxygen atoms in total. The van der Waals surface area contributed by atoms with Gasteiger partial charge in [-0.15, -0.1) is 11.6 Å². The van der Waals surface area contributed by atoms with Crippen molar-refractivity contribution in [3.63, 3.8) is 0 Å². The summed E-state index contributed by atoms with van der Waals surface area (Å²) in [6.45, 7) is 1.71.